The Kier molecular flexibility index (Phi) is 7.64. The van der Waals surface area contributed by atoms with Gasteiger partial charge in [-0.3, -0.25) is 9.59 Å². The Hall–Kier alpha value is -2.22. The molecular weight excluding hydrogens is 392 g/mol. The predicted molar refractivity (Wildman–Crippen MR) is 110 cm³/mol. The zero-order chi connectivity index (χ0) is 21.7. The molecule has 8 heteroatoms. The average Bonchev–Trinajstić information content (AvgIpc) is 3.24. The van der Waals surface area contributed by atoms with Crippen molar-refractivity contribution in [1.29, 1.82) is 0 Å². The normalized spacial score (nSPS) is 20.3. The standard InChI is InChI=1S/C22H31F2N3O3/c1-3-25(4-2)16-11-14-26(15-12-16)21(29)18-9-7-13-27(18)20(28)17-8-5-6-10-19(17)30-22(23)24/h5-6,8,10,16,18,22H,3-4,7,9,11-15H2,1-2H3. The molecule has 2 aliphatic heterocycles. The number of carbonyl (C=O) groups is 2. The van der Waals surface area contributed by atoms with Gasteiger partial charge in [-0.15, -0.1) is 0 Å². The van der Waals surface area contributed by atoms with Crippen molar-refractivity contribution in [3.8, 4) is 5.75 Å². The van der Waals surface area contributed by atoms with E-state index in [1.165, 1.54) is 17.0 Å². The van der Waals surface area contributed by atoms with Gasteiger partial charge in [0.25, 0.3) is 5.91 Å². The van der Waals surface area contributed by atoms with Crippen molar-refractivity contribution in [2.75, 3.05) is 32.7 Å². The molecule has 2 aliphatic rings. The van der Waals surface area contributed by atoms with Crippen LogP contribution in [0.5, 0.6) is 5.75 Å². The molecule has 30 heavy (non-hydrogen) atoms. The van der Waals surface area contributed by atoms with E-state index in [-0.39, 0.29) is 17.2 Å². The molecule has 1 atom stereocenters. The number of carbonyl (C=O) groups excluding carboxylic acids is 2. The number of likely N-dealkylation sites (tertiary alicyclic amines) is 2. The average molecular weight is 424 g/mol. The molecular formula is C22H31F2N3O3. The molecule has 2 amide bonds. The van der Waals surface area contributed by atoms with Gasteiger partial charge in [-0.25, -0.2) is 0 Å². The fourth-order valence-electron chi connectivity index (χ4n) is 4.67. The summed E-state index contributed by atoms with van der Waals surface area (Å²) < 4.78 is 29.9. The lowest BCUT2D eigenvalue weighted by atomic mass is 10.0. The fraction of sp³-hybridized carbons (Fsp3) is 0.636. The number of amides is 2. The number of rotatable bonds is 7. The zero-order valence-corrected chi connectivity index (χ0v) is 17.7. The van der Waals surface area contributed by atoms with Crippen LogP contribution in [0.2, 0.25) is 0 Å². The summed E-state index contributed by atoms with van der Waals surface area (Å²) in [5, 5.41) is 0. The molecule has 6 nitrogen and oxygen atoms in total. The summed E-state index contributed by atoms with van der Waals surface area (Å²) in [6.07, 6.45) is 3.17. The van der Waals surface area contributed by atoms with Gasteiger partial charge in [0, 0.05) is 25.7 Å². The Labute approximate surface area is 176 Å². The number of nitrogens with zero attached hydrogens (tertiary/aromatic N) is 3. The van der Waals surface area contributed by atoms with E-state index in [0.29, 0.717) is 32.1 Å². The summed E-state index contributed by atoms with van der Waals surface area (Å²) in [4.78, 5) is 32.1. The molecule has 0 aliphatic carbocycles. The van der Waals surface area contributed by atoms with Crippen LogP contribution in [0.4, 0.5) is 8.78 Å². The van der Waals surface area contributed by atoms with E-state index in [9.17, 15) is 18.4 Å². The number of alkyl halides is 2. The van der Waals surface area contributed by atoms with Crippen LogP contribution in [0.25, 0.3) is 0 Å². The van der Waals surface area contributed by atoms with Gasteiger partial charge in [0.05, 0.1) is 5.56 Å². The molecule has 166 valence electrons. The minimum Gasteiger partial charge on any atom is -0.434 e. The summed E-state index contributed by atoms with van der Waals surface area (Å²) in [5.41, 5.74) is 0.0674. The maximum atomic E-state index is 13.2. The highest BCUT2D eigenvalue weighted by Gasteiger charge is 2.39. The molecule has 0 radical (unpaired) electrons. The molecule has 1 unspecified atom stereocenters. The van der Waals surface area contributed by atoms with Gasteiger partial charge in [-0.1, -0.05) is 26.0 Å². The van der Waals surface area contributed by atoms with Crippen LogP contribution >= 0.6 is 0 Å². The van der Waals surface area contributed by atoms with E-state index in [4.69, 9.17) is 0 Å². The number of halogens is 2. The van der Waals surface area contributed by atoms with Crippen molar-refractivity contribution < 1.29 is 23.1 Å². The van der Waals surface area contributed by atoms with Crippen molar-refractivity contribution >= 4 is 11.8 Å². The monoisotopic (exact) mass is 423 g/mol. The Morgan fingerprint density at radius 2 is 1.77 bits per heavy atom. The van der Waals surface area contributed by atoms with Crippen molar-refractivity contribution in [2.45, 2.75) is 58.2 Å². The van der Waals surface area contributed by atoms with Crippen molar-refractivity contribution in [1.82, 2.24) is 14.7 Å². The number of piperidine rings is 1. The number of hydrogen-bond acceptors (Lipinski definition) is 4. The second-order valence-corrected chi connectivity index (χ2v) is 7.81. The van der Waals surface area contributed by atoms with Crippen LogP contribution in [0, 0.1) is 0 Å². The van der Waals surface area contributed by atoms with Crippen LogP contribution in [-0.2, 0) is 4.79 Å². The van der Waals surface area contributed by atoms with Gasteiger partial charge in [-0.05, 0) is 50.9 Å². The lowest BCUT2D eigenvalue weighted by Gasteiger charge is -2.39. The first kappa shape index (κ1) is 22.5. The zero-order valence-electron chi connectivity index (χ0n) is 17.7. The lowest BCUT2D eigenvalue weighted by molar-refractivity contribution is -0.136. The van der Waals surface area contributed by atoms with E-state index >= 15 is 0 Å². The quantitative estimate of drug-likeness (QED) is 0.676. The molecule has 2 saturated heterocycles. The van der Waals surface area contributed by atoms with Crippen molar-refractivity contribution in [2.24, 2.45) is 0 Å². The molecule has 0 N–H and O–H groups in total. The van der Waals surface area contributed by atoms with Crippen LogP contribution in [0.3, 0.4) is 0 Å². The molecule has 2 heterocycles. The Balaban J connectivity index is 1.68. The second-order valence-electron chi connectivity index (χ2n) is 7.81. The molecule has 1 aromatic rings. The summed E-state index contributed by atoms with van der Waals surface area (Å²) in [6, 6.07) is 5.92. The smallest absolute Gasteiger partial charge is 0.387 e. The molecule has 2 fully saturated rings. The maximum Gasteiger partial charge on any atom is 0.387 e. The first-order chi connectivity index (χ1) is 14.5. The first-order valence-electron chi connectivity index (χ1n) is 10.8. The van der Waals surface area contributed by atoms with E-state index < -0.39 is 18.6 Å². The van der Waals surface area contributed by atoms with Crippen LogP contribution in [0.15, 0.2) is 24.3 Å². The molecule has 0 aromatic heterocycles. The van der Waals surface area contributed by atoms with Gasteiger partial charge in [-0.2, -0.15) is 8.78 Å². The summed E-state index contributed by atoms with van der Waals surface area (Å²) in [6.45, 7) is 5.10. The van der Waals surface area contributed by atoms with E-state index in [1.54, 1.807) is 12.1 Å². The van der Waals surface area contributed by atoms with Gasteiger partial charge in [0.15, 0.2) is 0 Å². The molecule has 0 spiro atoms. The summed E-state index contributed by atoms with van der Waals surface area (Å²) in [7, 11) is 0. The molecule has 0 saturated carbocycles. The van der Waals surface area contributed by atoms with Crippen LogP contribution in [0.1, 0.15) is 49.9 Å². The molecule has 3 rings (SSSR count). The summed E-state index contributed by atoms with van der Waals surface area (Å²) in [5.74, 6) is -0.623. The predicted octanol–water partition coefficient (Wildman–Crippen LogP) is 3.23. The van der Waals surface area contributed by atoms with Crippen molar-refractivity contribution in [3.05, 3.63) is 29.8 Å². The minimum absolute atomic E-state index is 0.0360. The third kappa shape index (κ3) is 4.91. The minimum atomic E-state index is -3.01. The Morgan fingerprint density at radius 1 is 1.10 bits per heavy atom. The first-order valence-corrected chi connectivity index (χ1v) is 10.8. The van der Waals surface area contributed by atoms with Gasteiger partial charge < -0.3 is 19.4 Å². The fourth-order valence-corrected chi connectivity index (χ4v) is 4.67. The van der Waals surface area contributed by atoms with Crippen molar-refractivity contribution in [3.63, 3.8) is 0 Å². The molecule has 1 aromatic carbocycles. The number of ether oxygens (including phenoxy) is 1. The summed E-state index contributed by atoms with van der Waals surface area (Å²) >= 11 is 0. The largest absolute Gasteiger partial charge is 0.434 e. The third-order valence-corrected chi connectivity index (χ3v) is 6.24. The number of para-hydroxylation sites is 1. The highest BCUT2D eigenvalue weighted by atomic mass is 19.3. The van der Waals surface area contributed by atoms with Crippen LogP contribution in [-0.4, -0.2) is 77.9 Å². The Morgan fingerprint density at radius 3 is 2.40 bits per heavy atom. The van der Waals surface area contributed by atoms with Gasteiger partial charge in [0.2, 0.25) is 5.91 Å². The maximum absolute atomic E-state index is 13.2. The lowest BCUT2D eigenvalue weighted by Crippen LogP contribution is -2.52. The number of hydrogen-bond donors (Lipinski definition) is 0. The topological polar surface area (TPSA) is 53.1 Å². The number of benzene rings is 1. The highest BCUT2D eigenvalue weighted by molar-refractivity contribution is 6.00. The Bertz CT molecular complexity index is 734. The van der Waals surface area contributed by atoms with Crippen LogP contribution < -0.4 is 4.74 Å². The van der Waals surface area contributed by atoms with E-state index in [2.05, 4.69) is 23.5 Å². The van der Waals surface area contributed by atoms with E-state index in [0.717, 1.165) is 32.4 Å². The third-order valence-electron chi connectivity index (χ3n) is 6.24. The molecule has 0 bridgehead atoms. The van der Waals surface area contributed by atoms with E-state index in [1.807, 2.05) is 4.90 Å². The second kappa shape index (κ2) is 10.2. The van der Waals surface area contributed by atoms with Gasteiger partial charge >= 0.3 is 6.61 Å². The van der Waals surface area contributed by atoms with Gasteiger partial charge in [0.1, 0.15) is 11.8 Å². The SMILES string of the molecule is CCN(CC)C1CCN(C(=O)C2CCCN2C(=O)c2ccccc2OC(F)F)CC1. The highest BCUT2D eigenvalue weighted by Crippen LogP contribution is 2.28.